The van der Waals surface area contributed by atoms with Gasteiger partial charge < -0.3 is 18.9 Å². The number of fused-ring (bicyclic) bond motifs is 2. The first-order valence-corrected chi connectivity index (χ1v) is 8.32. The summed E-state index contributed by atoms with van der Waals surface area (Å²) in [5, 5.41) is 0. The van der Waals surface area contributed by atoms with E-state index in [2.05, 4.69) is 6.92 Å². The molecule has 3 heterocycles. The molecule has 0 aromatic carbocycles. The van der Waals surface area contributed by atoms with Gasteiger partial charge in [0.2, 0.25) is 5.43 Å². The van der Waals surface area contributed by atoms with E-state index in [1.165, 1.54) is 6.07 Å². The molecule has 2 aliphatic heterocycles. The summed E-state index contributed by atoms with van der Waals surface area (Å²) in [5.41, 5.74) is -0.560. The van der Waals surface area contributed by atoms with Crippen LogP contribution >= 0.6 is 0 Å². The van der Waals surface area contributed by atoms with Gasteiger partial charge in [0.15, 0.2) is 17.2 Å². The van der Waals surface area contributed by atoms with Gasteiger partial charge in [0, 0.05) is 18.3 Å². The van der Waals surface area contributed by atoms with Gasteiger partial charge in [0.1, 0.15) is 0 Å². The van der Waals surface area contributed by atoms with Gasteiger partial charge in [0.05, 0.1) is 19.8 Å². The highest BCUT2D eigenvalue weighted by atomic mass is 16.5. The maximum atomic E-state index is 13.1. The van der Waals surface area contributed by atoms with Crippen molar-refractivity contribution in [1.82, 2.24) is 9.47 Å². The topological polar surface area (TPSA) is 60.8 Å². The number of amides is 1. The van der Waals surface area contributed by atoms with Gasteiger partial charge in [-0.15, -0.1) is 0 Å². The number of carbonyl (C=O) groups is 1. The number of hydrogen-bond donors (Lipinski definition) is 0. The van der Waals surface area contributed by atoms with Crippen LogP contribution in [0.1, 0.15) is 50.5 Å². The number of carbonyl (C=O) groups excluding carboxylic acids is 1. The first-order valence-electron chi connectivity index (χ1n) is 8.32. The van der Waals surface area contributed by atoms with E-state index in [0.29, 0.717) is 25.5 Å². The zero-order valence-corrected chi connectivity index (χ0v) is 14.0. The number of pyridine rings is 1. The minimum Gasteiger partial charge on any atom is -0.487 e. The van der Waals surface area contributed by atoms with E-state index < -0.39 is 5.72 Å². The maximum absolute atomic E-state index is 13.1. The summed E-state index contributed by atoms with van der Waals surface area (Å²) in [5.74, 6) is -0.0130. The number of aromatic nitrogens is 1. The normalized spacial score (nSPS) is 26.7. The Balaban J connectivity index is 2.04. The van der Waals surface area contributed by atoms with Crippen molar-refractivity contribution < 1.29 is 14.3 Å². The SMILES string of the molecule is CCCCOc1c2n(ccc1=O)C[C@]1(C)OCC[C@@H](C)N1C2=O. The molecule has 0 spiro atoms. The first-order chi connectivity index (χ1) is 11.0. The molecule has 1 saturated heterocycles. The zero-order chi connectivity index (χ0) is 16.6. The van der Waals surface area contributed by atoms with Crippen molar-refractivity contribution in [3.8, 4) is 5.75 Å². The Morgan fingerprint density at radius 2 is 2.22 bits per heavy atom. The number of nitrogens with zero attached hydrogens (tertiary/aromatic N) is 2. The molecule has 23 heavy (non-hydrogen) atoms. The van der Waals surface area contributed by atoms with E-state index >= 15 is 0 Å². The van der Waals surface area contributed by atoms with Crippen molar-refractivity contribution in [3.05, 3.63) is 28.2 Å². The molecule has 6 nitrogen and oxygen atoms in total. The Hall–Kier alpha value is -1.82. The molecule has 1 aromatic rings. The van der Waals surface area contributed by atoms with E-state index in [1.54, 1.807) is 15.7 Å². The molecule has 0 N–H and O–H groups in total. The standard InChI is InChI=1S/C17H24N2O4/c1-4-5-9-22-15-13(20)6-8-18-11-17(3)19(16(21)14(15)18)12(2)7-10-23-17/h6,8,12H,4-5,7,9-11H2,1-3H3/t12-,17+/m1/s1. The molecule has 0 bridgehead atoms. The van der Waals surface area contributed by atoms with Crippen LogP contribution in [0.4, 0.5) is 0 Å². The van der Waals surface area contributed by atoms with Gasteiger partial charge in [-0.3, -0.25) is 9.59 Å². The predicted octanol–water partition coefficient (Wildman–Crippen LogP) is 2.01. The van der Waals surface area contributed by atoms with Crippen molar-refractivity contribution in [2.75, 3.05) is 13.2 Å². The highest BCUT2D eigenvalue weighted by molar-refractivity contribution is 5.96. The van der Waals surface area contributed by atoms with Crippen LogP contribution in [0.5, 0.6) is 5.75 Å². The lowest BCUT2D eigenvalue weighted by Crippen LogP contribution is -2.64. The third-order valence-corrected chi connectivity index (χ3v) is 4.66. The van der Waals surface area contributed by atoms with Crippen molar-refractivity contribution in [2.24, 2.45) is 0 Å². The molecule has 126 valence electrons. The molecule has 0 unspecified atom stereocenters. The van der Waals surface area contributed by atoms with Crippen LogP contribution in [-0.4, -0.2) is 40.4 Å². The Kier molecular flexibility index (Phi) is 4.19. The van der Waals surface area contributed by atoms with Gasteiger partial charge in [-0.1, -0.05) is 13.3 Å². The number of unbranched alkanes of at least 4 members (excludes halogenated alkanes) is 1. The van der Waals surface area contributed by atoms with E-state index in [-0.39, 0.29) is 23.1 Å². The minimum atomic E-state index is -0.669. The fraction of sp³-hybridized carbons (Fsp3) is 0.647. The molecular formula is C17H24N2O4. The Morgan fingerprint density at radius 1 is 1.43 bits per heavy atom. The molecule has 1 amide bonds. The second kappa shape index (κ2) is 6.00. The fourth-order valence-corrected chi connectivity index (χ4v) is 3.45. The third kappa shape index (κ3) is 2.65. The first kappa shape index (κ1) is 16.1. The maximum Gasteiger partial charge on any atom is 0.277 e. The molecular weight excluding hydrogens is 296 g/mol. The molecule has 2 aliphatic rings. The van der Waals surface area contributed by atoms with E-state index in [4.69, 9.17) is 9.47 Å². The largest absolute Gasteiger partial charge is 0.487 e. The number of hydrogen-bond acceptors (Lipinski definition) is 4. The predicted molar refractivity (Wildman–Crippen MR) is 85.7 cm³/mol. The summed E-state index contributed by atoms with van der Waals surface area (Å²) in [6.07, 6.45) is 4.28. The van der Waals surface area contributed by atoms with Gasteiger partial charge >= 0.3 is 0 Å². The molecule has 2 atom stereocenters. The molecule has 1 fully saturated rings. The van der Waals surface area contributed by atoms with Crippen molar-refractivity contribution >= 4 is 5.91 Å². The summed E-state index contributed by atoms with van der Waals surface area (Å²) in [7, 11) is 0. The minimum absolute atomic E-state index is 0.0776. The lowest BCUT2D eigenvalue weighted by atomic mass is 10.0. The van der Waals surface area contributed by atoms with E-state index in [1.807, 2.05) is 13.8 Å². The Morgan fingerprint density at radius 3 is 2.96 bits per heavy atom. The van der Waals surface area contributed by atoms with Crippen molar-refractivity contribution in [3.63, 3.8) is 0 Å². The van der Waals surface area contributed by atoms with Crippen LogP contribution in [0.3, 0.4) is 0 Å². The monoisotopic (exact) mass is 320 g/mol. The summed E-state index contributed by atoms with van der Waals surface area (Å²) >= 11 is 0. The van der Waals surface area contributed by atoms with E-state index in [0.717, 1.165) is 19.3 Å². The molecule has 0 aliphatic carbocycles. The Bertz CT molecular complexity index is 669. The highest BCUT2D eigenvalue weighted by Crippen LogP contribution is 2.35. The second-order valence-corrected chi connectivity index (χ2v) is 6.52. The van der Waals surface area contributed by atoms with Gasteiger partial charge in [-0.05, 0) is 26.7 Å². The number of ether oxygens (including phenoxy) is 2. The Labute approximate surface area is 136 Å². The van der Waals surface area contributed by atoms with Crippen molar-refractivity contribution in [1.29, 1.82) is 0 Å². The fourth-order valence-electron chi connectivity index (χ4n) is 3.45. The van der Waals surface area contributed by atoms with Crippen molar-refractivity contribution in [2.45, 2.75) is 58.3 Å². The van der Waals surface area contributed by atoms with Crippen LogP contribution in [0.2, 0.25) is 0 Å². The lowest BCUT2D eigenvalue weighted by molar-refractivity contribution is -0.185. The van der Waals surface area contributed by atoms with E-state index in [9.17, 15) is 9.59 Å². The van der Waals surface area contributed by atoms with Gasteiger partial charge in [0.25, 0.3) is 5.91 Å². The molecule has 0 radical (unpaired) electrons. The average Bonchev–Trinajstić information content (AvgIpc) is 2.49. The lowest BCUT2D eigenvalue weighted by Gasteiger charge is -2.51. The van der Waals surface area contributed by atoms with Gasteiger partial charge in [-0.25, -0.2) is 0 Å². The second-order valence-electron chi connectivity index (χ2n) is 6.52. The zero-order valence-electron chi connectivity index (χ0n) is 14.0. The summed E-state index contributed by atoms with van der Waals surface area (Å²) in [4.78, 5) is 27.1. The van der Waals surface area contributed by atoms with Crippen LogP contribution in [0, 0.1) is 0 Å². The molecule has 1 aromatic heterocycles. The third-order valence-electron chi connectivity index (χ3n) is 4.66. The summed E-state index contributed by atoms with van der Waals surface area (Å²) < 4.78 is 13.4. The quantitative estimate of drug-likeness (QED) is 0.796. The molecule has 3 rings (SSSR count). The summed E-state index contributed by atoms with van der Waals surface area (Å²) in [6.45, 7) is 7.59. The van der Waals surface area contributed by atoms with Crippen LogP contribution in [0.15, 0.2) is 17.1 Å². The van der Waals surface area contributed by atoms with Crippen LogP contribution in [-0.2, 0) is 11.3 Å². The van der Waals surface area contributed by atoms with Crippen LogP contribution in [0.25, 0.3) is 0 Å². The summed E-state index contributed by atoms with van der Waals surface area (Å²) in [6, 6.07) is 1.54. The smallest absolute Gasteiger partial charge is 0.277 e. The molecule has 0 saturated carbocycles. The van der Waals surface area contributed by atoms with Crippen LogP contribution < -0.4 is 10.2 Å². The average molecular weight is 320 g/mol. The van der Waals surface area contributed by atoms with Gasteiger partial charge in [-0.2, -0.15) is 0 Å². The number of rotatable bonds is 4. The molecule has 6 heteroatoms. The highest BCUT2D eigenvalue weighted by Gasteiger charge is 2.48.